The number of nitrogens with zero attached hydrogens (tertiary/aromatic N) is 3. The van der Waals surface area contributed by atoms with Crippen LogP contribution in [0.4, 0.5) is 0 Å². The minimum absolute atomic E-state index is 0.229. The van der Waals surface area contributed by atoms with E-state index in [0.29, 0.717) is 23.9 Å². The van der Waals surface area contributed by atoms with Gasteiger partial charge in [0.15, 0.2) is 22.5 Å². The number of hydrogen-bond acceptors (Lipinski definition) is 7. The first-order valence-electron chi connectivity index (χ1n) is 9.74. The van der Waals surface area contributed by atoms with Crippen LogP contribution in [0.5, 0.6) is 11.5 Å². The van der Waals surface area contributed by atoms with Crippen LogP contribution in [-0.4, -0.2) is 52.6 Å². The Bertz CT molecular complexity index is 933. The fourth-order valence-corrected chi connectivity index (χ4v) is 3.89. The van der Waals surface area contributed by atoms with Crippen molar-refractivity contribution in [3.63, 3.8) is 0 Å². The largest absolute Gasteiger partial charge is 0.493 e. The van der Waals surface area contributed by atoms with Gasteiger partial charge in [0, 0.05) is 17.9 Å². The predicted molar refractivity (Wildman–Crippen MR) is 117 cm³/mol. The number of benzene rings is 2. The average molecular weight is 430 g/mol. The van der Waals surface area contributed by atoms with Gasteiger partial charge in [0.25, 0.3) is 0 Å². The molecule has 0 saturated heterocycles. The Morgan fingerprint density at radius 3 is 2.50 bits per heavy atom. The Morgan fingerprint density at radius 2 is 1.80 bits per heavy atom. The summed E-state index contributed by atoms with van der Waals surface area (Å²) in [6.07, 6.45) is -0.614. The molecule has 0 aliphatic rings. The van der Waals surface area contributed by atoms with Gasteiger partial charge < -0.3 is 23.9 Å². The van der Waals surface area contributed by atoms with Gasteiger partial charge in [-0.15, -0.1) is 10.2 Å². The molecule has 0 amide bonds. The molecule has 0 bridgehead atoms. The Labute approximate surface area is 181 Å². The van der Waals surface area contributed by atoms with E-state index in [4.69, 9.17) is 14.2 Å². The normalized spacial score (nSPS) is 12.0. The van der Waals surface area contributed by atoms with E-state index in [9.17, 15) is 5.11 Å². The molecule has 1 atom stereocenters. The highest BCUT2D eigenvalue weighted by Gasteiger charge is 2.15. The average Bonchev–Trinajstić information content (AvgIpc) is 3.21. The highest BCUT2D eigenvalue weighted by atomic mass is 32.2. The van der Waals surface area contributed by atoms with E-state index in [1.807, 2.05) is 48.5 Å². The molecule has 1 unspecified atom stereocenters. The molecular formula is C22H27N3O4S. The fraction of sp³-hybridized carbons (Fsp3) is 0.364. The first kappa shape index (κ1) is 22.1. The van der Waals surface area contributed by atoms with Crippen LogP contribution in [0.1, 0.15) is 12.5 Å². The second kappa shape index (κ2) is 11.0. The van der Waals surface area contributed by atoms with Crippen LogP contribution in [0.15, 0.2) is 53.7 Å². The molecule has 8 heteroatoms. The second-order valence-electron chi connectivity index (χ2n) is 6.59. The summed E-state index contributed by atoms with van der Waals surface area (Å²) in [6.45, 7) is 3.42. The Hall–Kier alpha value is -2.55. The summed E-state index contributed by atoms with van der Waals surface area (Å²) < 4.78 is 18.3. The smallest absolute Gasteiger partial charge is 0.191 e. The third kappa shape index (κ3) is 5.53. The van der Waals surface area contributed by atoms with Crippen molar-refractivity contribution in [1.29, 1.82) is 0 Å². The SMILES string of the molecule is CCn1c(SCC(O)COCc2ccc(OC)c(OC)c2)nnc1-c1ccccc1. The Morgan fingerprint density at radius 1 is 1.03 bits per heavy atom. The lowest BCUT2D eigenvalue weighted by molar-refractivity contribution is 0.0397. The van der Waals surface area contributed by atoms with Crippen LogP contribution in [0.3, 0.4) is 0 Å². The van der Waals surface area contributed by atoms with Gasteiger partial charge in [-0.1, -0.05) is 48.2 Å². The zero-order valence-electron chi connectivity index (χ0n) is 17.4. The minimum atomic E-state index is -0.614. The molecule has 3 rings (SSSR count). The lowest BCUT2D eigenvalue weighted by Crippen LogP contribution is -2.18. The highest BCUT2D eigenvalue weighted by molar-refractivity contribution is 7.99. The van der Waals surface area contributed by atoms with Crippen LogP contribution in [-0.2, 0) is 17.9 Å². The maximum Gasteiger partial charge on any atom is 0.191 e. The van der Waals surface area contributed by atoms with E-state index >= 15 is 0 Å². The topological polar surface area (TPSA) is 78.6 Å². The predicted octanol–water partition coefficient (Wildman–Crippen LogP) is 3.65. The molecule has 0 aliphatic carbocycles. The van der Waals surface area contributed by atoms with Gasteiger partial charge >= 0.3 is 0 Å². The summed E-state index contributed by atoms with van der Waals surface area (Å²) in [5, 5.41) is 19.7. The number of aliphatic hydroxyl groups is 1. The first-order chi connectivity index (χ1) is 14.7. The minimum Gasteiger partial charge on any atom is -0.493 e. The van der Waals surface area contributed by atoms with Crippen LogP contribution in [0.2, 0.25) is 0 Å². The summed E-state index contributed by atoms with van der Waals surface area (Å²) in [5.74, 6) is 2.63. The van der Waals surface area contributed by atoms with Crippen molar-refractivity contribution in [3.8, 4) is 22.9 Å². The lowest BCUT2D eigenvalue weighted by Gasteiger charge is -2.13. The summed E-state index contributed by atoms with van der Waals surface area (Å²) in [5.41, 5.74) is 1.98. The fourth-order valence-electron chi connectivity index (χ4n) is 2.98. The van der Waals surface area contributed by atoms with Crippen molar-refractivity contribution in [2.45, 2.75) is 31.3 Å². The summed E-state index contributed by atoms with van der Waals surface area (Å²) in [4.78, 5) is 0. The second-order valence-corrected chi connectivity index (χ2v) is 7.57. The number of hydrogen-bond donors (Lipinski definition) is 1. The molecule has 0 spiro atoms. The highest BCUT2D eigenvalue weighted by Crippen LogP contribution is 2.28. The molecule has 1 aromatic heterocycles. The van der Waals surface area contributed by atoms with Crippen molar-refractivity contribution in [3.05, 3.63) is 54.1 Å². The van der Waals surface area contributed by atoms with Gasteiger partial charge in [-0.05, 0) is 24.6 Å². The molecule has 30 heavy (non-hydrogen) atoms. The maximum absolute atomic E-state index is 10.3. The Balaban J connectivity index is 1.50. The van der Waals surface area contributed by atoms with Crippen molar-refractivity contribution in [1.82, 2.24) is 14.8 Å². The number of rotatable bonds is 11. The number of ether oxygens (including phenoxy) is 3. The Kier molecular flexibility index (Phi) is 8.12. The van der Waals surface area contributed by atoms with Crippen molar-refractivity contribution < 1.29 is 19.3 Å². The standard InChI is InChI=1S/C22H27N3O4S/c1-4-25-21(17-8-6-5-7-9-17)23-24-22(25)30-15-18(26)14-29-13-16-10-11-19(27-2)20(12-16)28-3/h5-12,18,26H,4,13-15H2,1-3H3. The van der Waals surface area contributed by atoms with E-state index in [1.54, 1.807) is 14.2 Å². The number of aromatic nitrogens is 3. The molecule has 3 aromatic rings. The van der Waals surface area contributed by atoms with Crippen LogP contribution in [0, 0.1) is 0 Å². The third-order valence-electron chi connectivity index (χ3n) is 4.50. The van der Waals surface area contributed by atoms with Gasteiger partial charge in [0.1, 0.15) is 0 Å². The van der Waals surface area contributed by atoms with E-state index in [-0.39, 0.29) is 6.61 Å². The van der Waals surface area contributed by atoms with Crippen LogP contribution in [0.25, 0.3) is 11.4 Å². The molecule has 160 valence electrons. The third-order valence-corrected chi connectivity index (χ3v) is 5.61. The molecule has 1 N–H and O–H groups in total. The lowest BCUT2D eigenvalue weighted by atomic mass is 10.2. The van der Waals surface area contributed by atoms with Gasteiger partial charge in [-0.3, -0.25) is 0 Å². The van der Waals surface area contributed by atoms with Gasteiger partial charge in [-0.25, -0.2) is 0 Å². The summed E-state index contributed by atoms with van der Waals surface area (Å²) in [6, 6.07) is 15.6. The molecule has 2 aromatic carbocycles. The van der Waals surface area contributed by atoms with Crippen molar-refractivity contribution in [2.24, 2.45) is 0 Å². The van der Waals surface area contributed by atoms with Gasteiger partial charge in [0.2, 0.25) is 0 Å². The van der Waals surface area contributed by atoms with Gasteiger partial charge in [0.05, 0.1) is 33.5 Å². The van der Waals surface area contributed by atoms with E-state index < -0.39 is 6.10 Å². The van der Waals surface area contributed by atoms with E-state index in [1.165, 1.54) is 11.8 Å². The molecule has 7 nitrogen and oxygen atoms in total. The first-order valence-corrected chi connectivity index (χ1v) is 10.7. The number of aliphatic hydroxyl groups excluding tert-OH is 1. The van der Waals surface area contributed by atoms with Crippen molar-refractivity contribution in [2.75, 3.05) is 26.6 Å². The zero-order valence-corrected chi connectivity index (χ0v) is 18.3. The molecule has 0 fully saturated rings. The zero-order chi connectivity index (χ0) is 21.3. The molecule has 1 heterocycles. The number of methoxy groups -OCH3 is 2. The summed E-state index contributed by atoms with van der Waals surface area (Å²) >= 11 is 1.48. The quantitative estimate of drug-likeness (QED) is 0.466. The maximum atomic E-state index is 10.3. The monoisotopic (exact) mass is 429 g/mol. The van der Waals surface area contributed by atoms with Crippen LogP contribution < -0.4 is 9.47 Å². The summed E-state index contributed by atoms with van der Waals surface area (Å²) in [7, 11) is 3.20. The van der Waals surface area contributed by atoms with Gasteiger partial charge in [-0.2, -0.15) is 0 Å². The van der Waals surface area contributed by atoms with Crippen molar-refractivity contribution >= 4 is 11.8 Å². The molecule has 0 saturated carbocycles. The number of thioether (sulfide) groups is 1. The van der Waals surface area contributed by atoms with E-state index in [0.717, 1.165) is 28.7 Å². The molecule has 0 radical (unpaired) electrons. The molecular weight excluding hydrogens is 402 g/mol. The van der Waals surface area contributed by atoms with Crippen LogP contribution >= 0.6 is 11.8 Å². The van der Waals surface area contributed by atoms with E-state index in [2.05, 4.69) is 21.7 Å². The molecule has 0 aliphatic heterocycles.